The van der Waals surface area contributed by atoms with Crippen molar-refractivity contribution in [1.82, 2.24) is 0 Å². The molecule has 62 valence electrons. The summed E-state index contributed by atoms with van der Waals surface area (Å²) in [6.07, 6.45) is 0. The molecule has 0 saturated heterocycles. The minimum absolute atomic E-state index is 0. The Labute approximate surface area is 94.4 Å². The molecule has 0 aliphatic rings. The molecule has 1 aromatic rings. The van der Waals surface area contributed by atoms with E-state index in [1.807, 2.05) is 6.07 Å². The smallest absolute Gasteiger partial charge is 1.00 e. The monoisotopic (exact) mass is 180 g/mol. The van der Waals surface area contributed by atoms with Gasteiger partial charge in [-0.1, -0.05) is 18.2 Å². The summed E-state index contributed by atoms with van der Waals surface area (Å²) in [6.45, 7) is 0. The predicted octanol–water partition coefficient (Wildman–Crippen LogP) is -3.54. The van der Waals surface area contributed by atoms with Crippen molar-refractivity contribution >= 4 is 7.32 Å². The van der Waals surface area contributed by atoms with Gasteiger partial charge >= 0.3 is 36.9 Å². The van der Waals surface area contributed by atoms with Gasteiger partial charge in [-0.15, -0.1) is 0 Å². The van der Waals surface area contributed by atoms with Gasteiger partial charge in [-0.2, -0.15) is 0 Å². The molecule has 4 N–H and O–H groups in total. The van der Waals surface area contributed by atoms with Crippen LogP contribution in [0.2, 0.25) is 0 Å². The number of phenolic OH excluding ortho intramolecular Hbond substituents is 1. The second kappa shape index (κ2) is 9.06. The van der Waals surface area contributed by atoms with Crippen LogP contribution in [-0.2, 0) is 0 Å². The van der Waals surface area contributed by atoms with Gasteiger partial charge in [0, 0.05) is 0 Å². The maximum atomic E-state index is 8.63. The molecule has 0 atom stereocenters. The maximum Gasteiger partial charge on any atom is 1.00 e. The summed E-state index contributed by atoms with van der Waals surface area (Å²) < 4.78 is 0. The molecule has 0 radical (unpaired) electrons. The predicted molar refractivity (Wildman–Crippen MR) is 41.6 cm³/mol. The standard InChI is InChI=1S/C6H6O.BH3O3.Na.H/c7-6-4-2-1-3-5-6;2-1(3)4;;/h1-5,7H;2-4H;;/q;;+1;-1. The van der Waals surface area contributed by atoms with E-state index in [9.17, 15) is 0 Å². The van der Waals surface area contributed by atoms with Crippen LogP contribution in [0.3, 0.4) is 0 Å². The molecular weight excluding hydrogens is 170 g/mol. The quantitative estimate of drug-likeness (QED) is 0.311. The first kappa shape index (κ1) is 14.5. The van der Waals surface area contributed by atoms with Gasteiger partial charge < -0.3 is 21.6 Å². The van der Waals surface area contributed by atoms with Crippen LogP contribution in [0.15, 0.2) is 30.3 Å². The normalized spacial score (nSPS) is 7.25. The van der Waals surface area contributed by atoms with Crippen LogP contribution in [0, 0.1) is 0 Å². The third-order valence-corrected chi connectivity index (χ3v) is 0.756. The summed E-state index contributed by atoms with van der Waals surface area (Å²) in [5.41, 5.74) is 0. The Balaban J connectivity index is -0.000000150. The van der Waals surface area contributed by atoms with E-state index >= 15 is 0 Å². The van der Waals surface area contributed by atoms with Crippen LogP contribution in [0.25, 0.3) is 0 Å². The van der Waals surface area contributed by atoms with Crippen molar-refractivity contribution in [2.24, 2.45) is 0 Å². The molecule has 0 heterocycles. The van der Waals surface area contributed by atoms with Gasteiger partial charge in [0.1, 0.15) is 5.75 Å². The molecule has 0 unspecified atom stereocenters. The summed E-state index contributed by atoms with van der Waals surface area (Å²) >= 11 is 0. The summed E-state index contributed by atoms with van der Waals surface area (Å²) in [5.74, 6) is 0.322. The number of phenols is 1. The SMILES string of the molecule is OB(O)O.Oc1ccccc1.[H-].[Na+]. The average Bonchev–Trinajstić information content (AvgIpc) is 1.87. The van der Waals surface area contributed by atoms with Crippen LogP contribution in [0.4, 0.5) is 0 Å². The zero-order valence-electron chi connectivity index (χ0n) is 7.75. The molecule has 0 bridgehead atoms. The van der Waals surface area contributed by atoms with Crippen molar-refractivity contribution in [1.29, 1.82) is 0 Å². The van der Waals surface area contributed by atoms with Gasteiger partial charge in [0.05, 0.1) is 0 Å². The average molecular weight is 180 g/mol. The van der Waals surface area contributed by atoms with E-state index in [0.717, 1.165) is 0 Å². The van der Waals surface area contributed by atoms with Crippen molar-refractivity contribution in [3.05, 3.63) is 30.3 Å². The fourth-order valence-electron chi connectivity index (χ4n) is 0.428. The molecule has 0 spiro atoms. The molecule has 0 aliphatic carbocycles. The van der Waals surface area contributed by atoms with Crippen LogP contribution < -0.4 is 29.6 Å². The first-order valence-corrected chi connectivity index (χ1v) is 2.91. The molecule has 0 aromatic heterocycles. The zero-order valence-corrected chi connectivity index (χ0v) is 8.75. The Bertz CT molecular complexity index is 184. The van der Waals surface area contributed by atoms with E-state index < -0.39 is 7.32 Å². The number of hydrogen-bond donors (Lipinski definition) is 4. The molecule has 4 nitrogen and oxygen atoms in total. The fraction of sp³-hybridized carbons (Fsp3) is 0. The first-order valence-electron chi connectivity index (χ1n) is 2.91. The molecule has 12 heavy (non-hydrogen) atoms. The summed E-state index contributed by atoms with van der Waals surface area (Å²) in [5, 5.41) is 30.1. The number of rotatable bonds is 0. The molecular formula is C6H10BNaO4. The van der Waals surface area contributed by atoms with Gasteiger partial charge in [0.15, 0.2) is 0 Å². The Morgan fingerprint density at radius 2 is 1.33 bits per heavy atom. The number of aromatic hydroxyl groups is 1. The largest absolute Gasteiger partial charge is 1.00 e. The van der Waals surface area contributed by atoms with Gasteiger partial charge in [0.2, 0.25) is 0 Å². The number of hydrogen-bond acceptors (Lipinski definition) is 4. The Morgan fingerprint density at radius 1 is 1.00 bits per heavy atom. The first-order chi connectivity index (χ1) is 5.13. The van der Waals surface area contributed by atoms with Crippen LogP contribution in [-0.4, -0.2) is 27.5 Å². The van der Waals surface area contributed by atoms with Crippen LogP contribution in [0.5, 0.6) is 5.75 Å². The van der Waals surface area contributed by atoms with Crippen LogP contribution in [0.1, 0.15) is 1.43 Å². The van der Waals surface area contributed by atoms with E-state index in [4.69, 9.17) is 20.2 Å². The molecule has 1 aromatic carbocycles. The number of benzene rings is 1. The third kappa shape index (κ3) is 12.6. The molecule has 1 rings (SSSR count). The minimum atomic E-state index is -2.17. The second-order valence-electron chi connectivity index (χ2n) is 1.68. The number of para-hydroxylation sites is 1. The van der Waals surface area contributed by atoms with Gasteiger partial charge in [-0.3, -0.25) is 0 Å². The maximum absolute atomic E-state index is 8.63. The Kier molecular flexibility index (Phi) is 10.9. The molecule has 0 fully saturated rings. The molecule has 0 amide bonds. The van der Waals surface area contributed by atoms with Crippen molar-refractivity contribution < 1.29 is 51.2 Å². The van der Waals surface area contributed by atoms with Gasteiger partial charge in [-0.25, -0.2) is 0 Å². The van der Waals surface area contributed by atoms with E-state index in [2.05, 4.69) is 0 Å². The van der Waals surface area contributed by atoms with E-state index in [1.165, 1.54) is 0 Å². The van der Waals surface area contributed by atoms with Gasteiger partial charge in [-0.05, 0) is 12.1 Å². The third-order valence-electron chi connectivity index (χ3n) is 0.756. The van der Waals surface area contributed by atoms with E-state index in [0.29, 0.717) is 5.75 Å². The molecule has 6 heteroatoms. The Hall–Kier alpha value is -0.0351. The van der Waals surface area contributed by atoms with E-state index in [1.54, 1.807) is 24.3 Å². The second-order valence-corrected chi connectivity index (χ2v) is 1.68. The van der Waals surface area contributed by atoms with Crippen molar-refractivity contribution in [2.75, 3.05) is 0 Å². The van der Waals surface area contributed by atoms with E-state index in [-0.39, 0.29) is 31.0 Å². The minimum Gasteiger partial charge on any atom is -1.00 e. The summed E-state index contributed by atoms with van der Waals surface area (Å²) in [7, 11) is -2.17. The summed E-state index contributed by atoms with van der Waals surface area (Å²) in [6, 6.07) is 8.71. The summed E-state index contributed by atoms with van der Waals surface area (Å²) in [4.78, 5) is 0. The fourth-order valence-corrected chi connectivity index (χ4v) is 0.428. The van der Waals surface area contributed by atoms with Crippen LogP contribution >= 0.6 is 0 Å². The zero-order chi connectivity index (χ0) is 8.69. The topological polar surface area (TPSA) is 80.9 Å². The molecule has 0 aliphatic heterocycles. The van der Waals surface area contributed by atoms with Crippen molar-refractivity contribution in [3.8, 4) is 5.75 Å². The van der Waals surface area contributed by atoms with Crippen molar-refractivity contribution in [3.63, 3.8) is 0 Å². The van der Waals surface area contributed by atoms with Gasteiger partial charge in [0.25, 0.3) is 0 Å². The van der Waals surface area contributed by atoms with Crippen molar-refractivity contribution in [2.45, 2.75) is 0 Å². The Morgan fingerprint density at radius 3 is 1.50 bits per heavy atom. The molecule has 0 saturated carbocycles.